The topological polar surface area (TPSA) is 63.4 Å². The lowest BCUT2D eigenvalue weighted by Gasteiger charge is -2.32. The minimum atomic E-state index is -3.03. The molecular formula is C16H32N2O2S. The Morgan fingerprint density at radius 1 is 1.00 bits per heavy atom. The fourth-order valence-corrected chi connectivity index (χ4v) is 5.01. The van der Waals surface area contributed by atoms with E-state index < -0.39 is 10.0 Å². The van der Waals surface area contributed by atoms with Crippen molar-refractivity contribution in [1.82, 2.24) is 4.31 Å². The second kappa shape index (κ2) is 7.93. The third-order valence-electron chi connectivity index (χ3n) is 5.20. The molecule has 0 aromatic heterocycles. The molecule has 1 aliphatic heterocycles. The van der Waals surface area contributed by atoms with Crippen molar-refractivity contribution in [3.8, 4) is 0 Å². The number of hydrogen-bond acceptors (Lipinski definition) is 3. The molecule has 21 heavy (non-hydrogen) atoms. The first-order valence-corrected chi connectivity index (χ1v) is 10.5. The third-order valence-corrected chi connectivity index (χ3v) is 6.47. The Morgan fingerprint density at radius 3 is 2.19 bits per heavy atom. The van der Waals surface area contributed by atoms with E-state index in [9.17, 15) is 8.42 Å². The Morgan fingerprint density at radius 2 is 1.57 bits per heavy atom. The summed E-state index contributed by atoms with van der Waals surface area (Å²) < 4.78 is 25.0. The van der Waals surface area contributed by atoms with Crippen LogP contribution in [-0.4, -0.2) is 38.1 Å². The van der Waals surface area contributed by atoms with Gasteiger partial charge in [0.25, 0.3) is 0 Å². The number of nitrogens with zero attached hydrogens (tertiary/aromatic N) is 1. The summed E-state index contributed by atoms with van der Waals surface area (Å²) in [7, 11) is -3.03. The molecule has 2 fully saturated rings. The van der Waals surface area contributed by atoms with Gasteiger partial charge in [-0.3, -0.25) is 0 Å². The summed E-state index contributed by atoms with van der Waals surface area (Å²) >= 11 is 0. The molecule has 1 heterocycles. The Hall–Kier alpha value is -0.130. The van der Waals surface area contributed by atoms with E-state index in [0.29, 0.717) is 19.0 Å². The maximum atomic E-state index is 11.7. The van der Waals surface area contributed by atoms with Crippen molar-refractivity contribution >= 4 is 10.0 Å². The van der Waals surface area contributed by atoms with Crippen molar-refractivity contribution in [3.63, 3.8) is 0 Å². The summed E-state index contributed by atoms with van der Waals surface area (Å²) in [6.07, 6.45) is 13.7. The smallest absolute Gasteiger partial charge is 0.211 e. The van der Waals surface area contributed by atoms with Crippen molar-refractivity contribution in [1.29, 1.82) is 0 Å². The summed E-state index contributed by atoms with van der Waals surface area (Å²) in [5, 5.41) is 0. The predicted molar refractivity (Wildman–Crippen MR) is 87.5 cm³/mol. The number of piperidine rings is 1. The number of hydrogen-bond donors (Lipinski definition) is 1. The van der Waals surface area contributed by atoms with Gasteiger partial charge in [0.05, 0.1) is 6.26 Å². The van der Waals surface area contributed by atoms with E-state index >= 15 is 0 Å². The van der Waals surface area contributed by atoms with E-state index in [1.165, 1.54) is 44.8 Å². The van der Waals surface area contributed by atoms with E-state index in [4.69, 9.17) is 5.73 Å². The van der Waals surface area contributed by atoms with Gasteiger partial charge >= 0.3 is 0 Å². The molecule has 0 aromatic rings. The van der Waals surface area contributed by atoms with Crippen LogP contribution in [0, 0.1) is 11.8 Å². The molecule has 0 radical (unpaired) electrons. The maximum absolute atomic E-state index is 11.7. The molecule has 0 spiro atoms. The highest BCUT2D eigenvalue weighted by atomic mass is 32.2. The minimum absolute atomic E-state index is 0.248. The molecule has 2 atom stereocenters. The van der Waals surface area contributed by atoms with Gasteiger partial charge in [0.2, 0.25) is 10.0 Å². The van der Waals surface area contributed by atoms with Crippen LogP contribution in [0.1, 0.15) is 64.2 Å². The van der Waals surface area contributed by atoms with Crippen LogP contribution in [-0.2, 0) is 10.0 Å². The lowest BCUT2D eigenvalue weighted by Crippen LogP contribution is -2.41. The van der Waals surface area contributed by atoms with E-state index in [2.05, 4.69) is 0 Å². The van der Waals surface area contributed by atoms with Gasteiger partial charge in [-0.1, -0.05) is 38.5 Å². The molecule has 2 aliphatic rings. The lowest BCUT2D eigenvalue weighted by molar-refractivity contribution is 0.236. The van der Waals surface area contributed by atoms with Crippen molar-refractivity contribution in [2.45, 2.75) is 70.3 Å². The van der Waals surface area contributed by atoms with Crippen LogP contribution in [0.25, 0.3) is 0 Å². The van der Waals surface area contributed by atoms with Gasteiger partial charge in [0.15, 0.2) is 0 Å². The molecule has 2 N–H and O–H groups in total. The van der Waals surface area contributed by atoms with E-state index in [0.717, 1.165) is 31.6 Å². The van der Waals surface area contributed by atoms with E-state index in [-0.39, 0.29) is 6.04 Å². The second-order valence-electron chi connectivity index (χ2n) is 7.22. The van der Waals surface area contributed by atoms with Crippen LogP contribution in [0.5, 0.6) is 0 Å². The van der Waals surface area contributed by atoms with Crippen LogP contribution >= 0.6 is 0 Å². The highest BCUT2D eigenvalue weighted by Gasteiger charge is 2.27. The quantitative estimate of drug-likeness (QED) is 0.793. The van der Waals surface area contributed by atoms with Gasteiger partial charge in [-0.15, -0.1) is 0 Å². The van der Waals surface area contributed by atoms with Gasteiger partial charge < -0.3 is 5.73 Å². The Kier molecular flexibility index (Phi) is 6.51. The number of nitrogens with two attached hydrogens (primary N) is 1. The first-order chi connectivity index (χ1) is 9.95. The van der Waals surface area contributed by atoms with Gasteiger partial charge in [-0.25, -0.2) is 12.7 Å². The zero-order valence-corrected chi connectivity index (χ0v) is 14.3. The summed E-state index contributed by atoms with van der Waals surface area (Å²) in [6.45, 7) is 1.37. The molecule has 0 aromatic carbocycles. The lowest BCUT2D eigenvalue weighted by atomic mass is 9.86. The molecule has 1 aliphatic carbocycles. The zero-order chi connectivity index (χ0) is 15.3. The summed E-state index contributed by atoms with van der Waals surface area (Å²) in [6, 6.07) is 0.248. The molecule has 0 amide bonds. The van der Waals surface area contributed by atoms with Crippen LogP contribution < -0.4 is 5.73 Å². The second-order valence-corrected chi connectivity index (χ2v) is 9.20. The van der Waals surface area contributed by atoms with E-state index in [1.54, 1.807) is 4.31 Å². The molecule has 1 saturated heterocycles. The first-order valence-electron chi connectivity index (χ1n) is 8.66. The van der Waals surface area contributed by atoms with Gasteiger partial charge in [0.1, 0.15) is 0 Å². The Balaban J connectivity index is 1.77. The largest absolute Gasteiger partial charge is 0.328 e. The maximum Gasteiger partial charge on any atom is 0.211 e. The SMILES string of the molecule is CS(=O)(=O)N1CCCC(CC(N)CC2CCCCCC2)C1. The standard InChI is InChI=1S/C16H32N2O2S/c1-21(19,20)18-10-6-9-15(13-18)12-16(17)11-14-7-4-2-3-5-8-14/h14-16H,2-13,17H2,1H3. The molecule has 2 unspecified atom stereocenters. The van der Waals surface area contributed by atoms with Crippen molar-refractivity contribution in [2.75, 3.05) is 19.3 Å². The van der Waals surface area contributed by atoms with Crippen molar-refractivity contribution in [3.05, 3.63) is 0 Å². The van der Waals surface area contributed by atoms with Crippen LogP contribution in [0.3, 0.4) is 0 Å². The molecule has 124 valence electrons. The first kappa shape index (κ1) is 17.2. The van der Waals surface area contributed by atoms with E-state index in [1.807, 2.05) is 0 Å². The molecule has 4 nitrogen and oxygen atoms in total. The van der Waals surface area contributed by atoms with Crippen molar-refractivity contribution < 1.29 is 8.42 Å². The highest BCUT2D eigenvalue weighted by Crippen LogP contribution is 2.29. The average Bonchev–Trinajstić information content (AvgIpc) is 2.66. The van der Waals surface area contributed by atoms with Crippen LogP contribution in [0.4, 0.5) is 0 Å². The summed E-state index contributed by atoms with van der Waals surface area (Å²) in [5.74, 6) is 1.26. The molecule has 0 bridgehead atoms. The Bertz CT molecular complexity index is 403. The number of sulfonamides is 1. The fourth-order valence-electron chi connectivity index (χ4n) is 4.07. The Labute approximate surface area is 130 Å². The van der Waals surface area contributed by atoms with Gasteiger partial charge in [0, 0.05) is 19.1 Å². The number of rotatable bonds is 5. The predicted octanol–water partition coefficient (Wildman–Crippen LogP) is 2.74. The average molecular weight is 317 g/mol. The minimum Gasteiger partial charge on any atom is -0.328 e. The van der Waals surface area contributed by atoms with Crippen LogP contribution in [0.15, 0.2) is 0 Å². The molecule has 5 heteroatoms. The summed E-state index contributed by atoms with van der Waals surface area (Å²) in [5.41, 5.74) is 6.37. The third kappa shape index (κ3) is 5.87. The van der Waals surface area contributed by atoms with Gasteiger partial charge in [-0.05, 0) is 37.5 Å². The van der Waals surface area contributed by atoms with Gasteiger partial charge in [-0.2, -0.15) is 0 Å². The highest BCUT2D eigenvalue weighted by molar-refractivity contribution is 7.88. The molecule has 1 saturated carbocycles. The van der Waals surface area contributed by atoms with Crippen LogP contribution in [0.2, 0.25) is 0 Å². The normalized spacial score (nSPS) is 28.2. The fraction of sp³-hybridized carbons (Fsp3) is 1.00. The summed E-state index contributed by atoms with van der Waals surface area (Å²) in [4.78, 5) is 0. The molecular weight excluding hydrogens is 284 g/mol. The zero-order valence-electron chi connectivity index (χ0n) is 13.5. The van der Waals surface area contributed by atoms with Crippen molar-refractivity contribution in [2.24, 2.45) is 17.6 Å². The monoisotopic (exact) mass is 316 g/mol. The molecule has 2 rings (SSSR count).